The number of hydrogen-bond acceptors (Lipinski definition) is 4. The summed E-state index contributed by atoms with van der Waals surface area (Å²) in [6, 6.07) is 4.15. The summed E-state index contributed by atoms with van der Waals surface area (Å²) in [4.78, 5) is 21.7. The molecule has 90 valence electrons. The quantitative estimate of drug-likeness (QED) is 0.684. The van der Waals surface area contributed by atoms with E-state index >= 15 is 0 Å². The van der Waals surface area contributed by atoms with Crippen molar-refractivity contribution in [2.45, 2.75) is 12.5 Å². The monoisotopic (exact) mass is 236 g/mol. The van der Waals surface area contributed by atoms with E-state index in [9.17, 15) is 9.59 Å². The number of nitrogens with two attached hydrogens (primary N) is 1. The minimum Gasteiger partial charge on any atom is -0.482 e. The number of rotatable bonds is 3. The fourth-order valence-electron chi connectivity index (χ4n) is 1.60. The van der Waals surface area contributed by atoms with Gasteiger partial charge < -0.3 is 20.9 Å². The van der Waals surface area contributed by atoms with E-state index < -0.39 is 12.0 Å². The van der Waals surface area contributed by atoms with Crippen molar-refractivity contribution < 1.29 is 19.4 Å². The molecular formula is C11H12N2O4. The molecular weight excluding hydrogens is 224 g/mol. The first-order chi connectivity index (χ1) is 8.06. The Kier molecular flexibility index (Phi) is 2.97. The van der Waals surface area contributed by atoms with Crippen LogP contribution in [0.4, 0.5) is 5.69 Å². The van der Waals surface area contributed by atoms with Gasteiger partial charge in [-0.15, -0.1) is 0 Å². The molecule has 0 saturated carbocycles. The first-order valence-electron chi connectivity index (χ1n) is 5.10. The summed E-state index contributed by atoms with van der Waals surface area (Å²) in [5.74, 6) is -0.697. The molecule has 0 fully saturated rings. The highest BCUT2D eigenvalue weighted by Crippen LogP contribution is 2.28. The molecule has 0 radical (unpaired) electrons. The van der Waals surface area contributed by atoms with Crippen LogP contribution in [0, 0.1) is 0 Å². The van der Waals surface area contributed by atoms with Gasteiger partial charge in [0.2, 0.25) is 0 Å². The van der Waals surface area contributed by atoms with Crippen LogP contribution in [-0.4, -0.2) is 29.6 Å². The second-order valence-electron chi connectivity index (χ2n) is 3.82. The molecule has 0 aliphatic carbocycles. The fourth-order valence-corrected chi connectivity index (χ4v) is 1.60. The van der Waals surface area contributed by atoms with Crippen LogP contribution in [0.1, 0.15) is 5.56 Å². The van der Waals surface area contributed by atoms with Crippen molar-refractivity contribution >= 4 is 17.6 Å². The lowest BCUT2D eigenvalue weighted by Crippen LogP contribution is -2.32. The van der Waals surface area contributed by atoms with Crippen LogP contribution >= 0.6 is 0 Å². The lowest BCUT2D eigenvalue weighted by atomic mass is 10.1. The van der Waals surface area contributed by atoms with Crippen molar-refractivity contribution in [3.05, 3.63) is 23.8 Å². The number of hydrogen-bond donors (Lipinski definition) is 3. The third-order valence-corrected chi connectivity index (χ3v) is 2.45. The summed E-state index contributed by atoms with van der Waals surface area (Å²) in [6.07, 6.45) is 0.207. The summed E-state index contributed by atoms with van der Waals surface area (Å²) < 4.78 is 5.18. The number of carbonyl (C=O) groups excluding carboxylic acids is 1. The van der Waals surface area contributed by atoms with E-state index in [-0.39, 0.29) is 18.9 Å². The first kappa shape index (κ1) is 11.4. The van der Waals surface area contributed by atoms with Gasteiger partial charge in [0, 0.05) is 0 Å². The van der Waals surface area contributed by atoms with Gasteiger partial charge in [-0.25, -0.2) is 0 Å². The van der Waals surface area contributed by atoms with Gasteiger partial charge in [-0.05, 0) is 24.1 Å². The lowest BCUT2D eigenvalue weighted by Gasteiger charge is -2.18. The summed E-state index contributed by atoms with van der Waals surface area (Å²) in [6.45, 7) is 0.000979. The van der Waals surface area contributed by atoms with Gasteiger partial charge in [0.25, 0.3) is 5.91 Å². The maximum atomic E-state index is 11.1. The molecule has 1 heterocycles. The number of carbonyl (C=O) groups is 2. The minimum atomic E-state index is -1.05. The molecule has 4 N–H and O–H groups in total. The van der Waals surface area contributed by atoms with E-state index in [2.05, 4.69) is 5.32 Å². The zero-order valence-corrected chi connectivity index (χ0v) is 8.97. The van der Waals surface area contributed by atoms with Crippen LogP contribution in [0.2, 0.25) is 0 Å². The molecule has 1 aliphatic heterocycles. The molecule has 1 amide bonds. The number of nitrogens with one attached hydrogen (secondary N) is 1. The predicted octanol–water partition coefficient (Wildman–Crippen LogP) is -0.0281. The fraction of sp³-hybridized carbons (Fsp3) is 0.273. The van der Waals surface area contributed by atoms with Crippen LogP contribution < -0.4 is 15.8 Å². The molecule has 0 saturated heterocycles. The van der Waals surface area contributed by atoms with Gasteiger partial charge >= 0.3 is 5.97 Å². The summed E-state index contributed by atoms with van der Waals surface area (Å²) in [5, 5.41) is 11.4. The standard InChI is InChI=1S/C11H12N2O4/c12-7(11(15)16)3-6-1-2-9-8(4-6)13-10(14)5-17-9/h1-2,4,7H,3,5,12H2,(H,13,14)(H,15,16). The average molecular weight is 236 g/mol. The van der Waals surface area contributed by atoms with Crippen molar-refractivity contribution in [2.24, 2.45) is 5.73 Å². The molecule has 1 unspecified atom stereocenters. The molecule has 1 aliphatic rings. The highest BCUT2D eigenvalue weighted by Gasteiger charge is 2.18. The Balaban J connectivity index is 2.18. The van der Waals surface area contributed by atoms with E-state index in [4.69, 9.17) is 15.6 Å². The smallest absolute Gasteiger partial charge is 0.320 e. The summed E-state index contributed by atoms with van der Waals surface area (Å²) in [7, 11) is 0. The minimum absolute atomic E-state index is 0.000979. The Morgan fingerprint density at radius 1 is 1.59 bits per heavy atom. The molecule has 6 nitrogen and oxygen atoms in total. The van der Waals surface area contributed by atoms with Crippen molar-refractivity contribution in [1.82, 2.24) is 0 Å². The molecule has 0 spiro atoms. The van der Waals surface area contributed by atoms with Crippen molar-refractivity contribution in [3.63, 3.8) is 0 Å². The number of ether oxygens (including phenoxy) is 1. The Morgan fingerprint density at radius 2 is 2.35 bits per heavy atom. The third-order valence-electron chi connectivity index (χ3n) is 2.45. The average Bonchev–Trinajstić information content (AvgIpc) is 2.28. The largest absolute Gasteiger partial charge is 0.482 e. The lowest BCUT2D eigenvalue weighted by molar-refractivity contribution is -0.138. The van der Waals surface area contributed by atoms with Crippen LogP contribution in [0.5, 0.6) is 5.75 Å². The van der Waals surface area contributed by atoms with E-state index in [0.29, 0.717) is 11.4 Å². The maximum Gasteiger partial charge on any atom is 0.320 e. The van der Waals surface area contributed by atoms with Gasteiger partial charge in [0.05, 0.1) is 5.69 Å². The Bertz CT molecular complexity index is 473. The molecule has 17 heavy (non-hydrogen) atoms. The number of aliphatic carboxylic acids is 1. The third kappa shape index (κ3) is 2.54. The van der Waals surface area contributed by atoms with E-state index in [1.54, 1.807) is 18.2 Å². The maximum absolute atomic E-state index is 11.1. The normalized spacial score (nSPS) is 15.5. The Labute approximate surface area is 97.4 Å². The predicted molar refractivity (Wildman–Crippen MR) is 59.9 cm³/mol. The Hall–Kier alpha value is -2.08. The van der Waals surface area contributed by atoms with Gasteiger partial charge in [0.15, 0.2) is 6.61 Å². The van der Waals surface area contributed by atoms with Gasteiger partial charge in [-0.2, -0.15) is 0 Å². The molecule has 2 rings (SSSR count). The molecule has 1 aromatic rings. The summed E-state index contributed by atoms with van der Waals surface area (Å²) in [5.41, 5.74) is 6.73. The highest BCUT2D eigenvalue weighted by atomic mass is 16.5. The number of amides is 1. The molecule has 1 aromatic carbocycles. The van der Waals surface area contributed by atoms with Crippen molar-refractivity contribution in [2.75, 3.05) is 11.9 Å². The number of fused-ring (bicyclic) bond motifs is 1. The number of benzene rings is 1. The molecule has 0 aromatic heterocycles. The Morgan fingerprint density at radius 3 is 3.06 bits per heavy atom. The molecule has 1 atom stereocenters. The zero-order valence-electron chi connectivity index (χ0n) is 8.97. The van der Waals surface area contributed by atoms with E-state index in [1.165, 1.54) is 0 Å². The number of carboxylic acid groups (broad SMARTS) is 1. The van der Waals surface area contributed by atoms with Crippen LogP contribution in [-0.2, 0) is 16.0 Å². The van der Waals surface area contributed by atoms with Gasteiger partial charge in [0.1, 0.15) is 11.8 Å². The highest BCUT2D eigenvalue weighted by molar-refractivity contribution is 5.95. The number of carboxylic acids is 1. The van der Waals surface area contributed by atoms with Gasteiger partial charge in [-0.1, -0.05) is 6.07 Å². The van der Waals surface area contributed by atoms with Crippen molar-refractivity contribution in [1.29, 1.82) is 0 Å². The van der Waals surface area contributed by atoms with E-state index in [1.807, 2.05) is 0 Å². The van der Waals surface area contributed by atoms with Crippen molar-refractivity contribution in [3.8, 4) is 5.75 Å². The second-order valence-corrected chi connectivity index (χ2v) is 3.82. The van der Waals surface area contributed by atoms with Gasteiger partial charge in [-0.3, -0.25) is 9.59 Å². The molecule has 6 heteroatoms. The second kappa shape index (κ2) is 4.42. The molecule has 0 bridgehead atoms. The summed E-state index contributed by atoms with van der Waals surface area (Å²) >= 11 is 0. The van der Waals surface area contributed by atoms with E-state index in [0.717, 1.165) is 5.56 Å². The van der Waals surface area contributed by atoms with Crippen LogP contribution in [0.15, 0.2) is 18.2 Å². The zero-order chi connectivity index (χ0) is 12.4. The number of anilines is 1. The SMILES string of the molecule is NC(Cc1ccc2c(c1)NC(=O)CO2)C(=O)O. The van der Waals surface area contributed by atoms with Crippen LogP contribution in [0.3, 0.4) is 0 Å². The topological polar surface area (TPSA) is 102 Å². The van der Waals surface area contributed by atoms with Crippen LogP contribution in [0.25, 0.3) is 0 Å². The first-order valence-corrected chi connectivity index (χ1v) is 5.10.